The Bertz CT molecular complexity index is 390. The van der Waals surface area contributed by atoms with Crippen LogP contribution in [0.25, 0.3) is 0 Å². The van der Waals surface area contributed by atoms with Crippen molar-refractivity contribution in [1.29, 1.82) is 0 Å². The van der Waals surface area contributed by atoms with E-state index in [4.69, 9.17) is 16.3 Å². The number of ether oxygens (including phenoxy) is 1. The molecular formula is C13H18ClNO. The maximum absolute atomic E-state index is 6.25. The average molecular weight is 240 g/mol. The van der Waals surface area contributed by atoms with Gasteiger partial charge < -0.3 is 10.1 Å². The molecule has 0 spiro atoms. The average Bonchev–Trinajstić information content (AvgIpc) is 2.32. The minimum atomic E-state index is 0.770. The van der Waals surface area contributed by atoms with E-state index in [9.17, 15) is 0 Å². The largest absolute Gasteiger partial charge is 0.492 e. The number of rotatable bonds is 3. The van der Waals surface area contributed by atoms with Crippen molar-refractivity contribution in [2.75, 3.05) is 20.2 Å². The van der Waals surface area contributed by atoms with E-state index >= 15 is 0 Å². The van der Waals surface area contributed by atoms with Gasteiger partial charge in [-0.15, -0.1) is 0 Å². The molecule has 0 amide bonds. The quantitative estimate of drug-likeness (QED) is 0.876. The first kappa shape index (κ1) is 11.7. The second-order valence-corrected chi connectivity index (χ2v) is 4.66. The van der Waals surface area contributed by atoms with Gasteiger partial charge in [-0.05, 0) is 62.5 Å². The molecule has 2 rings (SSSR count). The van der Waals surface area contributed by atoms with Crippen molar-refractivity contribution in [2.45, 2.75) is 26.2 Å². The molecule has 88 valence electrons. The fourth-order valence-corrected chi connectivity index (χ4v) is 2.53. The summed E-state index contributed by atoms with van der Waals surface area (Å²) in [7, 11) is 1.97. The van der Waals surface area contributed by atoms with Gasteiger partial charge in [0.1, 0.15) is 5.75 Å². The maximum atomic E-state index is 6.25. The van der Waals surface area contributed by atoms with Gasteiger partial charge in [0, 0.05) is 0 Å². The van der Waals surface area contributed by atoms with E-state index in [0.29, 0.717) is 0 Å². The van der Waals surface area contributed by atoms with Gasteiger partial charge in [-0.3, -0.25) is 0 Å². The molecule has 2 nitrogen and oxygen atoms in total. The number of likely N-dealkylation sites (N-methyl/N-ethyl adjacent to an activating group) is 1. The van der Waals surface area contributed by atoms with Crippen LogP contribution >= 0.6 is 11.6 Å². The van der Waals surface area contributed by atoms with Gasteiger partial charge in [0.15, 0.2) is 0 Å². The molecule has 0 saturated heterocycles. The Kier molecular flexibility index (Phi) is 3.72. The summed E-state index contributed by atoms with van der Waals surface area (Å²) in [5, 5.41) is 3.94. The van der Waals surface area contributed by atoms with Crippen molar-refractivity contribution in [2.24, 2.45) is 0 Å². The minimum absolute atomic E-state index is 0.770. The summed E-state index contributed by atoms with van der Waals surface area (Å²) in [5.41, 5.74) is 4.00. The lowest BCUT2D eigenvalue weighted by atomic mass is 9.95. The summed E-state index contributed by atoms with van der Waals surface area (Å²) in [4.78, 5) is 0. The van der Waals surface area contributed by atoms with E-state index in [2.05, 4.69) is 18.3 Å². The Morgan fingerprint density at radius 2 is 2.31 bits per heavy atom. The third kappa shape index (κ3) is 2.18. The summed E-state index contributed by atoms with van der Waals surface area (Å²) in [5.74, 6) is 0.915. The Morgan fingerprint density at radius 1 is 1.50 bits per heavy atom. The summed E-state index contributed by atoms with van der Waals surface area (Å²) < 4.78 is 5.65. The summed E-state index contributed by atoms with van der Waals surface area (Å²) in [6, 6.07) is 2.05. The van der Waals surface area contributed by atoms with Gasteiger partial charge in [0.2, 0.25) is 0 Å². The van der Waals surface area contributed by atoms with Gasteiger partial charge in [0.05, 0.1) is 11.6 Å². The van der Waals surface area contributed by atoms with Crippen LogP contribution < -0.4 is 10.1 Å². The molecule has 3 heteroatoms. The molecule has 0 aliphatic carbocycles. The molecule has 1 aliphatic rings. The number of nitrogens with one attached hydrogen (secondary N) is 1. The first-order valence-corrected chi connectivity index (χ1v) is 6.20. The van der Waals surface area contributed by atoms with Crippen LogP contribution in [-0.4, -0.2) is 20.2 Å². The van der Waals surface area contributed by atoms with Crippen LogP contribution in [0.5, 0.6) is 5.75 Å². The van der Waals surface area contributed by atoms with Gasteiger partial charge in [0.25, 0.3) is 0 Å². The van der Waals surface area contributed by atoms with Crippen LogP contribution in [-0.2, 0) is 12.8 Å². The predicted molar refractivity (Wildman–Crippen MR) is 67.6 cm³/mol. The summed E-state index contributed by atoms with van der Waals surface area (Å²) >= 11 is 6.25. The Morgan fingerprint density at radius 3 is 3.06 bits per heavy atom. The molecule has 0 saturated carbocycles. The highest BCUT2D eigenvalue weighted by Gasteiger charge is 2.18. The summed E-state index contributed by atoms with van der Waals surface area (Å²) in [6.07, 6.45) is 3.21. The number of benzene rings is 1. The second kappa shape index (κ2) is 5.07. The van der Waals surface area contributed by atoms with Crippen molar-refractivity contribution in [3.05, 3.63) is 27.8 Å². The SMILES string of the molecule is CNCCc1cc(Cl)c2c(c1C)CCCO2. The highest BCUT2D eigenvalue weighted by Crippen LogP contribution is 2.36. The predicted octanol–water partition coefficient (Wildman–Crippen LogP) is 2.74. The van der Waals surface area contributed by atoms with E-state index in [0.717, 1.165) is 43.2 Å². The zero-order valence-electron chi connectivity index (χ0n) is 9.90. The standard InChI is InChI=1S/C13H18ClNO/c1-9-10(5-6-15-2)8-12(14)13-11(9)4-3-7-16-13/h8,15H,3-7H2,1-2H3. The lowest BCUT2D eigenvalue weighted by Crippen LogP contribution is -2.14. The summed E-state index contributed by atoms with van der Waals surface area (Å²) in [6.45, 7) is 3.95. The van der Waals surface area contributed by atoms with Gasteiger partial charge >= 0.3 is 0 Å². The Labute approximate surface area is 102 Å². The zero-order valence-corrected chi connectivity index (χ0v) is 10.7. The van der Waals surface area contributed by atoms with Crippen LogP contribution in [0.3, 0.4) is 0 Å². The third-order valence-electron chi connectivity index (χ3n) is 3.19. The second-order valence-electron chi connectivity index (χ2n) is 4.26. The fraction of sp³-hybridized carbons (Fsp3) is 0.538. The van der Waals surface area contributed by atoms with E-state index in [1.165, 1.54) is 16.7 Å². The molecule has 0 radical (unpaired) electrons. The minimum Gasteiger partial charge on any atom is -0.492 e. The van der Waals surface area contributed by atoms with Gasteiger partial charge in [-0.2, -0.15) is 0 Å². The van der Waals surface area contributed by atoms with Crippen LogP contribution in [0, 0.1) is 6.92 Å². The van der Waals surface area contributed by atoms with E-state index < -0.39 is 0 Å². The van der Waals surface area contributed by atoms with Crippen molar-refractivity contribution in [3.8, 4) is 5.75 Å². The number of hydrogen-bond acceptors (Lipinski definition) is 2. The van der Waals surface area contributed by atoms with Crippen molar-refractivity contribution in [3.63, 3.8) is 0 Å². The molecule has 1 heterocycles. The molecule has 0 unspecified atom stereocenters. The topological polar surface area (TPSA) is 21.3 Å². The molecule has 1 aromatic rings. The van der Waals surface area contributed by atoms with Gasteiger partial charge in [-0.1, -0.05) is 11.6 Å². The maximum Gasteiger partial charge on any atom is 0.141 e. The molecule has 0 bridgehead atoms. The lowest BCUT2D eigenvalue weighted by Gasteiger charge is -2.22. The molecule has 0 atom stereocenters. The van der Waals surface area contributed by atoms with Crippen LogP contribution in [0.15, 0.2) is 6.07 Å². The molecular weight excluding hydrogens is 222 g/mol. The first-order chi connectivity index (χ1) is 7.74. The van der Waals surface area contributed by atoms with Crippen molar-refractivity contribution >= 4 is 11.6 Å². The Hall–Kier alpha value is -0.730. The van der Waals surface area contributed by atoms with Crippen molar-refractivity contribution < 1.29 is 4.74 Å². The molecule has 16 heavy (non-hydrogen) atoms. The Balaban J connectivity index is 2.37. The smallest absolute Gasteiger partial charge is 0.141 e. The molecule has 1 aliphatic heterocycles. The van der Waals surface area contributed by atoms with Crippen LogP contribution in [0.1, 0.15) is 23.1 Å². The number of halogens is 1. The number of fused-ring (bicyclic) bond motifs is 1. The zero-order chi connectivity index (χ0) is 11.5. The van der Waals surface area contributed by atoms with E-state index in [1.807, 2.05) is 7.05 Å². The van der Waals surface area contributed by atoms with E-state index in [-0.39, 0.29) is 0 Å². The fourth-order valence-electron chi connectivity index (χ4n) is 2.23. The molecule has 0 aromatic heterocycles. The monoisotopic (exact) mass is 239 g/mol. The van der Waals surface area contributed by atoms with Crippen LogP contribution in [0.4, 0.5) is 0 Å². The molecule has 0 fully saturated rings. The highest BCUT2D eigenvalue weighted by atomic mass is 35.5. The molecule has 1 N–H and O–H groups in total. The molecule has 1 aromatic carbocycles. The van der Waals surface area contributed by atoms with E-state index in [1.54, 1.807) is 0 Å². The highest BCUT2D eigenvalue weighted by molar-refractivity contribution is 6.32. The number of hydrogen-bond donors (Lipinski definition) is 1. The van der Waals surface area contributed by atoms with Crippen molar-refractivity contribution in [1.82, 2.24) is 5.32 Å². The van der Waals surface area contributed by atoms with Gasteiger partial charge in [-0.25, -0.2) is 0 Å². The normalized spacial score (nSPS) is 14.4. The first-order valence-electron chi connectivity index (χ1n) is 5.82. The lowest BCUT2D eigenvalue weighted by molar-refractivity contribution is 0.288. The van der Waals surface area contributed by atoms with Crippen LogP contribution in [0.2, 0.25) is 5.02 Å². The third-order valence-corrected chi connectivity index (χ3v) is 3.47.